The van der Waals surface area contributed by atoms with Crippen LogP contribution in [0.1, 0.15) is 269 Å². The second-order valence-corrected chi connectivity index (χ2v) is 29.8. The summed E-state index contributed by atoms with van der Waals surface area (Å²) in [5, 5.41) is 8.67. The van der Waals surface area contributed by atoms with Gasteiger partial charge < -0.3 is 56.8 Å². The van der Waals surface area contributed by atoms with Gasteiger partial charge >= 0.3 is 53.7 Å². The second-order valence-electron chi connectivity index (χ2n) is 29.8. The highest BCUT2D eigenvalue weighted by Crippen LogP contribution is 2.25. The number of rotatable bonds is 53. The largest absolute Gasteiger partial charge is 0.497 e. The van der Waals surface area contributed by atoms with Crippen LogP contribution in [0.15, 0.2) is 231 Å². The molecule has 22 nitrogen and oxygen atoms in total. The van der Waals surface area contributed by atoms with E-state index in [2.05, 4.69) is 41.5 Å². The van der Waals surface area contributed by atoms with Crippen molar-refractivity contribution < 1.29 is 100.0 Å². The average molecular weight is 1740 g/mol. The van der Waals surface area contributed by atoms with Crippen molar-refractivity contribution in [2.45, 2.75) is 234 Å². The van der Waals surface area contributed by atoms with E-state index in [1.165, 1.54) is 162 Å². The highest BCUT2D eigenvalue weighted by Gasteiger charge is 2.15. The molecule has 0 saturated carbocycles. The number of nitrogens with zero attached hydrogens (tertiary/aromatic N) is 1. The van der Waals surface area contributed by atoms with E-state index in [4.69, 9.17) is 62.1 Å². The third-order valence-electron chi connectivity index (χ3n) is 19.2. The Morgan fingerprint density at radius 3 is 0.748 bits per heavy atom. The summed E-state index contributed by atoms with van der Waals surface area (Å²) in [5.74, 6) is -0.834. The summed E-state index contributed by atoms with van der Waals surface area (Å²) in [4.78, 5) is 108. The molecule has 0 spiro atoms. The highest BCUT2D eigenvalue weighted by atomic mass is 16.6. The van der Waals surface area contributed by atoms with Crippen LogP contribution >= 0.6 is 0 Å². The Morgan fingerprint density at radius 1 is 0.244 bits per heavy atom. The number of methoxy groups -OCH3 is 1. The number of carbonyl (C=O) groups excluding carboxylic acids is 9. The van der Waals surface area contributed by atoms with Gasteiger partial charge in [-0.2, -0.15) is 5.26 Å². The predicted molar refractivity (Wildman–Crippen MR) is 491 cm³/mol. The van der Waals surface area contributed by atoms with Gasteiger partial charge in [0.2, 0.25) is 0 Å². The summed E-state index contributed by atoms with van der Waals surface area (Å²) in [6.07, 6.45) is 40.5. The number of esters is 9. The zero-order valence-electron chi connectivity index (χ0n) is 75.0. The molecule has 22 heteroatoms. The van der Waals surface area contributed by atoms with Crippen LogP contribution in [0.3, 0.4) is 0 Å². The number of hydrogen-bond acceptors (Lipinski definition) is 22. The molecule has 0 heterocycles. The van der Waals surface area contributed by atoms with Gasteiger partial charge in [0.05, 0.1) is 61.9 Å². The lowest BCUT2D eigenvalue weighted by molar-refractivity contribution is -0.131. The van der Waals surface area contributed by atoms with E-state index in [-0.39, 0.29) is 11.5 Å². The van der Waals surface area contributed by atoms with Crippen molar-refractivity contribution in [3.8, 4) is 63.6 Å². The summed E-state index contributed by atoms with van der Waals surface area (Å²) in [6.45, 7) is 15.1. The normalized spacial score (nSPS) is 10.6. The molecule has 0 amide bonds. The standard InChI is InChI=1S/C32H40O8.C30H40O4.C28H36O6.C15H11NO3/c1-3-5-7-9-11-23-37-31(35)25-13-17-27(18-14-25)39-29(33)21-22-30(34)40-28-19-15-26(16-20-28)32(36)38-24-12-10-8-6-4-2;1-3-5-7-9-11-13-25-15-19-27(20-16-25)33-29(31)23-24-30(32)34-28-21-17-26(18-22-28)14-12-10-8-6-4-2;1-3-5-7-9-21-31-23-11-15-25(16-12-23)33-27(29)19-20-28(30)34-26-17-13-24(14-18-26)32-22-10-8-6-4-2;1-18-13-8-4-12(5-9-13)15(17)19-14-6-2-11(10-16)3-7-14/h13-22H,3-12,23-24H2,1-2H3;15-24H,3-14H2,1-2H3;11-20H,3-10,21-22H2,1-2H3;2-9H,1H3/b22-21-;24-23-;20-19-;. The predicted octanol–water partition coefficient (Wildman–Crippen LogP) is 24.2. The zero-order chi connectivity index (χ0) is 91.5. The second kappa shape index (κ2) is 65.7. The lowest BCUT2D eigenvalue weighted by atomic mass is 10.1. The van der Waals surface area contributed by atoms with Crippen LogP contribution in [0.5, 0.6) is 57.5 Å². The Bertz CT molecular complexity index is 4220. The summed E-state index contributed by atoms with van der Waals surface area (Å²) >= 11 is 0. The molecule has 0 aliphatic carbocycles. The number of benzene rings is 8. The number of aryl methyl sites for hydroxylation is 2. The molecule has 0 aromatic heterocycles. The van der Waals surface area contributed by atoms with E-state index >= 15 is 0 Å². The van der Waals surface area contributed by atoms with Gasteiger partial charge in [0.1, 0.15) is 57.5 Å². The molecule has 678 valence electrons. The summed E-state index contributed by atoms with van der Waals surface area (Å²) in [7, 11) is 1.56. The first-order valence-electron chi connectivity index (χ1n) is 44.8. The van der Waals surface area contributed by atoms with Crippen LogP contribution in [0, 0.1) is 11.3 Å². The minimum Gasteiger partial charge on any atom is -0.497 e. The maximum Gasteiger partial charge on any atom is 0.343 e. The van der Waals surface area contributed by atoms with Crippen molar-refractivity contribution in [2.75, 3.05) is 33.5 Å². The number of carbonyl (C=O) groups is 9. The SMILES string of the molecule is CCCCCCCOC(=O)c1ccc(OC(=O)/C=C\C(=O)Oc2ccc(C(=O)OCCCCCCC)cc2)cc1.CCCCCCCc1ccc(OC(=O)/C=C\C(=O)Oc2ccc(CCCCCCC)cc2)cc1.CCCCCCOc1ccc(OC(=O)/C=C\C(=O)Oc2ccc(OCCCCCC)cc2)cc1.COc1ccc(C(=O)Oc2ccc(C#N)cc2)cc1. The lowest BCUT2D eigenvalue weighted by Crippen LogP contribution is -2.09. The summed E-state index contributed by atoms with van der Waals surface area (Å²) in [5.41, 5.74) is 4.13. The monoisotopic (exact) mass is 1740 g/mol. The molecule has 0 atom stereocenters. The molecule has 0 bridgehead atoms. The third kappa shape index (κ3) is 48.2. The first-order valence-corrected chi connectivity index (χ1v) is 44.8. The lowest BCUT2D eigenvalue weighted by Gasteiger charge is -2.07. The molecule has 0 N–H and O–H groups in total. The molecule has 127 heavy (non-hydrogen) atoms. The van der Waals surface area contributed by atoms with Gasteiger partial charge in [0.15, 0.2) is 0 Å². The Kier molecular flexibility index (Phi) is 54.1. The molecule has 8 aromatic rings. The van der Waals surface area contributed by atoms with E-state index in [0.717, 1.165) is 138 Å². The fourth-order valence-electron chi connectivity index (χ4n) is 12.0. The van der Waals surface area contributed by atoms with E-state index in [9.17, 15) is 43.2 Å². The van der Waals surface area contributed by atoms with Crippen molar-refractivity contribution in [2.24, 2.45) is 0 Å². The van der Waals surface area contributed by atoms with Crippen LogP contribution in [-0.2, 0) is 51.1 Å². The van der Waals surface area contributed by atoms with Crippen LogP contribution in [-0.4, -0.2) is 87.3 Å². The van der Waals surface area contributed by atoms with Crippen molar-refractivity contribution >= 4 is 53.7 Å². The van der Waals surface area contributed by atoms with Gasteiger partial charge in [-0.1, -0.05) is 207 Å². The maximum absolute atomic E-state index is 12.1. The van der Waals surface area contributed by atoms with E-state index < -0.39 is 53.7 Å². The van der Waals surface area contributed by atoms with Crippen molar-refractivity contribution in [1.82, 2.24) is 0 Å². The molecule has 0 fully saturated rings. The Morgan fingerprint density at radius 2 is 0.465 bits per heavy atom. The molecule has 0 unspecified atom stereocenters. The summed E-state index contributed by atoms with van der Waals surface area (Å²) < 4.78 is 63.3. The zero-order valence-corrected chi connectivity index (χ0v) is 75.0. The van der Waals surface area contributed by atoms with Crippen LogP contribution in [0.4, 0.5) is 0 Å². The molecule has 8 aromatic carbocycles. The number of nitriles is 1. The molecule has 8 rings (SSSR count). The van der Waals surface area contributed by atoms with E-state index in [1.54, 1.807) is 128 Å². The Labute approximate surface area is 750 Å². The topological polar surface area (TPSA) is 288 Å². The first kappa shape index (κ1) is 105. The number of ether oxygens (including phenoxy) is 12. The number of unbranched alkanes of at least 4 members (excludes halogenated alkanes) is 22. The third-order valence-corrected chi connectivity index (χ3v) is 19.2. The molecule has 0 radical (unpaired) electrons. The minimum atomic E-state index is -0.785. The van der Waals surface area contributed by atoms with Crippen LogP contribution < -0.4 is 47.4 Å². The fraction of sp³-hybridized carbons (Fsp3) is 0.390. The van der Waals surface area contributed by atoms with Gasteiger partial charge in [-0.05, 0) is 232 Å². The molecular formula is C105H127NO21. The van der Waals surface area contributed by atoms with Gasteiger partial charge in [0.25, 0.3) is 0 Å². The van der Waals surface area contributed by atoms with E-state index in [0.29, 0.717) is 83.2 Å². The molecule has 0 aliphatic heterocycles. The molecule has 0 saturated heterocycles. The van der Waals surface area contributed by atoms with Crippen molar-refractivity contribution in [3.63, 3.8) is 0 Å². The quantitative estimate of drug-likeness (QED) is 0.0148. The van der Waals surface area contributed by atoms with E-state index in [1.807, 2.05) is 30.3 Å². The average Bonchev–Trinajstić information content (AvgIpc) is 0.871. The van der Waals surface area contributed by atoms with Crippen LogP contribution in [0.2, 0.25) is 0 Å². The highest BCUT2D eigenvalue weighted by molar-refractivity contribution is 5.96. The van der Waals surface area contributed by atoms with Gasteiger partial charge in [0, 0.05) is 36.5 Å². The fourth-order valence-corrected chi connectivity index (χ4v) is 12.0. The maximum atomic E-state index is 12.1. The number of hydrogen-bond donors (Lipinski definition) is 0. The smallest absolute Gasteiger partial charge is 0.343 e. The molecule has 0 aliphatic rings. The van der Waals surface area contributed by atoms with Gasteiger partial charge in [-0.25, -0.2) is 43.2 Å². The van der Waals surface area contributed by atoms with Crippen molar-refractivity contribution in [3.05, 3.63) is 264 Å². The van der Waals surface area contributed by atoms with Gasteiger partial charge in [-0.15, -0.1) is 0 Å². The molecular weight excluding hydrogens is 1610 g/mol. The Balaban J connectivity index is 0.000000308. The Hall–Kier alpha value is -12.9. The summed E-state index contributed by atoms with van der Waals surface area (Å²) in [6, 6.07) is 55.6. The minimum absolute atomic E-state index is 0.211. The van der Waals surface area contributed by atoms with Crippen LogP contribution in [0.25, 0.3) is 0 Å². The van der Waals surface area contributed by atoms with Crippen molar-refractivity contribution in [1.29, 1.82) is 5.26 Å². The first-order chi connectivity index (χ1) is 61.8. The van der Waals surface area contributed by atoms with Gasteiger partial charge in [-0.3, -0.25) is 0 Å².